The molecule has 0 atom stereocenters. The molecule has 0 spiro atoms. The van der Waals surface area contributed by atoms with Crippen LogP contribution in [0.15, 0.2) is 64.1 Å². The van der Waals surface area contributed by atoms with Gasteiger partial charge in [0.15, 0.2) is 5.69 Å². The molecule has 2 amide bonds. The molecule has 0 radical (unpaired) electrons. The number of benzene rings is 1. The van der Waals surface area contributed by atoms with Gasteiger partial charge in [0.05, 0.1) is 24.1 Å². The Labute approximate surface area is 205 Å². The number of hydrogen-bond donors (Lipinski definition) is 2. The SMILES string of the molecule is Cc1cccc(-n2ccc(=O)c(C(=O)Nc3sc4c(c3C(=O)NCc3ccco3)CCCC4)n2)c1. The van der Waals surface area contributed by atoms with Gasteiger partial charge in [-0.3, -0.25) is 14.4 Å². The minimum atomic E-state index is -0.643. The van der Waals surface area contributed by atoms with Crippen LogP contribution in [0.2, 0.25) is 0 Å². The first kappa shape index (κ1) is 22.8. The Morgan fingerprint density at radius 3 is 2.77 bits per heavy atom. The topological polar surface area (TPSA) is 106 Å². The lowest BCUT2D eigenvalue weighted by atomic mass is 9.95. The molecular formula is C26H24N4O4S. The molecule has 1 aromatic carbocycles. The average molecular weight is 489 g/mol. The molecule has 178 valence electrons. The van der Waals surface area contributed by atoms with Crippen molar-refractivity contribution in [3.8, 4) is 5.69 Å². The highest BCUT2D eigenvalue weighted by molar-refractivity contribution is 7.17. The maximum absolute atomic E-state index is 13.2. The molecule has 0 saturated heterocycles. The van der Waals surface area contributed by atoms with Crippen LogP contribution in [-0.4, -0.2) is 21.6 Å². The van der Waals surface area contributed by atoms with Gasteiger partial charge in [0.25, 0.3) is 11.8 Å². The van der Waals surface area contributed by atoms with E-state index < -0.39 is 11.3 Å². The number of nitrogens with zero attached hydrogens (tertiary/aromatic N) is 2. The fraction of sp³-hybridized carbons (Fsp3) is 0.231. The molecule has 35 heavy (non-hydrogen) atoms. The summed E-state index contributed by atoms with van der Waals surface area (Å²) in [5, 5.41) is 10.4. The van der Waals surface area contributed by atoms with Crippen molar-refractivity contribution in [1.29, 1.82) is 0 Å². The van der Waals surface area contributed by atoms with Crippen LogP contribution in [0.5, 0.6) is 0 Å². The number of hydrogen-bond acceptors (Lipinski definition) is 6. The molecule has 3 heterocycles. The van der Waals surface area contributed by atoms with Gasteiger partial charge in [-0.1, -0.05) is 12.1 Å². The molecule has 3 aromatic heterocycles. The van der Waals surface area contributed by atoms with E-state index >= 15 is 0 Å². The number of thiophene rings is 1. The Morgan fingerprint density at radius 1 is 1.11 bits per heavy atom. The van der Waals surface area contributed by atoms with E-state index in [9.17, 15) is 14.4 Å². The van der Waals surface area contributed by atoms with Gasteiger partial charge < -0.3 is 15.1 Å². The zero-order chi connectivity index (χ0) is 24.4. The molecular weight excluding hydrogens is 464 g/mol. The molecule has 2 N–H and O–H groups in total. The van der Waals surface area contributed by atoms with Gasteiger partial charge >= 0.3 is 0 Å². The van der Waals surface area contributed by atoms with Crippen LogP contribution >= 0.6 is 11.3 Å². The van der Waals surface area contributed by atoms with E-state index in [1.54, 1.807) is 18.4 Å². The van der Waals surface area contributed by atoms with Crippen LogP contribution in [0.1, 0.15) is 55.5 Å². The summed E-state index contributed by atoms with van der Waals surface area (Å²) in [5.74, 6) is -0.289. The van der Waals surface area contributed by atoms with Crippen molar-refractivity contribution in [3.05, 3.63) is 98.2 Å². The van der Waals surface area contributed by atoms with E-state index in [0.29, 0.717) is 16.3 Å². The maximum atomic E-state index is 13.2. The molecule has 5 rings (SSSR count). The van der Waals surface area contributed by atoms with Gasteiger partial charge in [-0.2, -0.15) is 5.10 Å². The van der Waals surface area contributed by atoms with Gasteiger partial charge in [-0.15, -0.1) is 11.3 Å². The number of anilines is 1. The van der Waals surface area contributed by atoms with Gasteiger partial charge in [0.1, 0.15) is 10.8 Å². The van der Waals surface area contributed by atoms with Crippen LogP contribution < -0.4 is 16.1 Å². The van der Waals surface area contributed by atoms with Crippen molar-refractivity contribution < 1.29 is 14.0 Å². The highest BCUT2D eigenvalue weighted by Gasteiger charge is 2.27. The minimum absolute atomic E-state index is 0.234. The Kier molecular flexibility index (Phi) is 6.33. The van der Waals surface area contributed by atoms with Crippen LogP contribution in [0.3, 0.4) is 0 Å². The minimum Gasteiger partial charge on any atom is -0.467 e. The van der Waals surface area contributed by atoms with Crippen molar-refractivity contribution in [2.45, 2.75) is 39.2 Å². The molecule has 1 aliphatic rings. The summed E-state index contributed by atoms with van der Waals surface area (Å²) < 4.78 is 6.81. The number of fused-ring (bicyclic) bond motifs is 1. The van der Waals surface area contributed by atoms with Crippen molar-refractivity contribution in [3.63, 3.8) is 0 Å². The number of nitrogens with one attached hydrogen (secondary N) is 2. The summed E-state index contributed by atoms with van der Waals surface area (Å²) in [7, 11) is 0. The monoisotopic (exact) mass is 488 g/mol. The fourth-order valence-corrected chi connectivity index (χ4v) is 5.49. The molecule has 8 nitrogen and oxygen atoms in total. The van der Waals surface area contributed by atoms with E-state index in [1.165, 1.54) is 28.3 Å². The molecule has 0 aliphatic heterocycles. The third-order valence-corrected chi connectivity index (χ3v) is 7.13. The summed E-state index contributed by atoms with van der Waals surface area (Å²) in [6, 6.07) is 12.5. The largest absolute Gasteiger partial charge is 0.467 e. The van der Waals surface area contributed by atoms with Crippen LogP contribution in [0.25, 0.3) is 5.69 Å². The second kappa shape index (κ2) is 9.71. The quantitative estimate of drug-likeness (QED) is 0.422. The van der Waals surface area contributed by atoms with Crippen molar-refractivity contribution in [2.75, 3.05) is 5.32 Å². The Hall–Kier alpha value is -3.98. The highest BCUT2D eigenvalue weighted by atomic mass is 32.1. The lowest BCUT2D eigenvalue weighted by Gasteiger charge is -2.13. The normalized spacial score (nSPS) is 12.7. The van der Waals surface area contributed by atoms with E-state index in [1.807, 2.05) is 31.2 Å². The second-order valence-corrected chi connectivity index (χ2v) is 9.55. The molecule has 4 aromatic rings. The van der Waals surface area contributed by atoms with Crippen LogP contribution in [-0.2, 0) is 19.4 Å². The fourth-order valence-electron chi connectivity index (χ4n) is 4.20. The van der Waals surface area contributed by atoms with Crippen molar-refractivity contribution in [2.24, 2.45) is 0 Å². The highest BCUT2D eigenvalue weighted by Crippen LogP contribution is 2.38. The number of carbonyl (C=O) groups excluding carboxylic acids is 2. The van der Waals surface area contributed by atoms with E-state index in [4.69, 9.17) is 4.42 Å². The van der Waals surface area contributed by atoms with Gasteiger partial charge in [-0.25, -0.2) is 4.68 Å². The van der Waals surface area contributed by atoms with Gasteiger partial charge in [0, 0.05) is 17.1 Å². The first-order valence-corrected chi connectivity index (χ1v) is 12.2. The Morgan fingerprint density at radius 2 is 1.97 bits per heavy atom. The van der Waals surface area contributed by atoms with Crippen molar-refractivity contribution >= 4 is 28.2 Å². The molecule has 0 fully saturated rings. The van der Waals surface area contributed by atoms with Crippen molar-refractivity contribution in [1.82, 2.24) is 15.1 Å². The maximum Gasteiger partial charge on any atom is 0.280 e. The molecule has 1 aliphatic carbocycles. The van der Waals surface area contributed by atoms with Gasteiger partial charge in [0.2, 0.25) is 5.43 Å². The zero-order valence-electron chi connectivity index (χ0n) is 19.2. The number of aryl methyl sites for hydroxylation is 2. The Bertz CT molecular complexity index is 1450. The van der Waals surface area contributed by atoms with Crippen LogP contribution in [0, 0.1) is 6.92 Å². The average Bonchev–Trinajstić information content (AvgIpc) is 3.50. The van der Waals surface area contributed by atoms with Gasteiger partial charge in [-0.05, 0) is 68.0 Å². The summed E-state index contributed by atoms with van der Waals surface area (Å²) >= 11 is 1.39. The Balaban J connectivity index is 1.44. The lowest BCUT2D eigenvalue weighted by Crippen LogP contribution is -2.28. The molecule has 0 unspecified atom stereocenters. The summed E-state index contributed by atoms with van der Waals surface area (Å²) in [6.45, 7) is 2.20. The molecule has 0 bridgehead atoms. The second-order valence-electron chi connectivity index (χ2n) is 8.44. The summed E-state index contributed by atoms with van der Waals surface area (Å²) in [6.07, 6.45) is 6.74. The molecule has 0 saturated carbocycles. The van der Waals surface area contributed by atoms with E-state index in [0.717, 1.165) is 47.4 Å². The first-order chi connectivity index (χ1) is 17.0. The number of carbonyl (C=O) groups is 2. The van der Waals surface area contributed by atoms with E-state index in [2.05, 4.69) is 15.7 Å². The number of furan rings is 1. The molecule has 9 heteroatoms. The predicted octanol–water partition coefficient (Wildman–Crippen LogP) is 4.26. The number of amides is 2. The third-order valence-electron chi connectivity index (χ3n) is 5.92. The summed E-state index contributed by atoms with van der Waals surface area (Å²) in [5.41, 5.74) is 2.47. The standard InChI is InChI=1S/C26H24N4O4S/c1-16-6-4-7-17(14-16)30-12-11-20(31)23(29-30)25(33)28-26-22(19-9-2-3-10-21(19)35-26)24(32)27-15-18-8-5-13-34-18/h4-8,11-14H,2-3,9-10,15H2,1H3,(H,27,32)(H,28,33). The zero-order valence-corrected chi connectivity index (χ0v) is 20.0. The first-order valence-electron chi connectivity index (χ1n) is 11.4. The smallest absolute Gasteiger partial charge is 0.280 e. The third kappa shape index (κ3) is 4.81. The van der Waals surface area contributed by atoms with E-state index in [-0.39, 0.29) is 18.1 Å². The summed E-state index contributed by atoms with van der Waals surface area (Å²) in [4.78, 5) is 40.0. The van der Waals surface area contributed by atoms with Crippen LogP contribution in [0.4, 0.5) is 5.00 Å². The number of aromatic nitrogens is 2. The predicted molar refractivity (Wildman–Crippen MR) is 133 cm³/mol. The number of rotatable bonds is 6. The lowest BCUT2D eigenvalue weighted by molar-refractivity contribution is 0.0948.